The molecule has 0 bridgehead atoms. The van der Waals surface area contributed by atoms with E-state index in [-0.39, 0.29) is 55.4 Å². The SMILES string of the molecule is [B]C[C@@H](C)NC(=O)[C@H](CCCNC(N)=O)NC(=O)C(NC(=O)CCCCCN1C(=O)C=CC1=O)C(C)C. The molecule has 0 aliphatic carbocycles. The molecular weight excluding hydrogens is 479 g/mol. The molecule has 1 heterocycles. The second-order valence-corrected chi connectivity index (χ2v) is 9.40. The number of urea groups is 1. The third-order valence-corrected chi connectivity index (χ3v) is 5.80. The van der Waals surface area contributed by atoms with Crippen molar-refractivity contribution in [2.24, 2.45) is 11.7 Å². The average Bonchev–Trinajstić information content (AvgIpc) is 3.15. The first-order valence-electron chi connectivity index (χ1n) is 12.6. The van der Waals surface area contributed by atoms with E-state index in [1.807, 2.05) is 0 Å². The zero-order valence-corrected chi connectivity index (χ0v) is 21.9. The van der Waals surface area contributed by atoms with Crippen LogP contribution in [0, 0.1) is 5.92 Å². The van der Waals surface area contributed by atoms with Crippen molar-refractivity contribution in [3.63, 3.8) is 0 Å². The summed E-state index contributed by atoms with van der Waals surface area (Å²) in [6.45, 7) is 5.84. The number of amides is 7. The van der Waals surface area contributed by atoms with Crippen LogP contribution in [0.4, 0.5) is 4.79 Å². The van der Waals surface area contributed by atoms with E-state index in [9.17, 15) is 28.8 Å². The highest BCUT2D eigenvalue weighted by atomic mass is 16.2. The van der Waals surface area contributed by atoms with Gasteiger partial charge in [-0.05, 0) is 38.5 Å². The van der Waals surface area contributed by atoms with Crippen LogP contribution < -0.4 is 27.0 Å². The minimum absolute atomic E-state index is 0.174. The van der Waals surface area contributed by atoms with E-state index in [2.05, 4.69) is 21.3 Å². The molecule has 7 amide bonds. The number of carbonyl (C=O) groups is 6. The molecule has 1 unspecified atom stereocenters. The minimum Gasteiger partial charge on any atom is -0.353 e. The van der Waals surface area contributed by atoms with Gasteiger partial charge >= 0.3 is 6.03 Å². The summed E-state index contributed by atoms with van der Waals surface area (Å²) < 4.78 is 0. The Labute approximate surface area is 219 Å². The summed E-state index contributed by atoms with van der Waals surface area (Å²) in [5, 5.41) is 10.6. The summed E-state index contributed by atoms with van der Waals surface area (Å²) in [7, 11) is 5.58. The van der Waals surface area contributed by atoms with Crippen LogP contribution in [0.1, 0.15) is 59.3 Å². The summed E-state index contributed by atoms with van der Waals surface area (Å²) >= 11 is 0. The molecule has 37 heavy (non-hydrogen) atoms. The molecule has 0 saturated heterocycles. The first-order chi connectivity index (χ1) is 17.5. The maximum atomic E-state index is 13.0. The van der Waals surface area contributed by atoms with Crippen molar-refractivity contribution < 1.29 is 28.8 Å². The van der Waals surface area contributed by atoms with E-state index < -0.39 is 29.9 Å². The lowest BCUT2D eigenvalue weighted by Gasteiger charge is -2.26. The van der Waals surface area contributed by atoms with Gasteiger partial charge in [-0.2, -0.15) is 0 Å². The average molecular weight is 518 g/mol. The molecule has 0 aromatic heterocycles. The minimum atomic E-state index is -0.889. The second-order valence-electron chi connectivity index (χ2n) is 9.40. The number of hydrogen-bond acceptors (Lipinski definition) is 6. The monoisotopic (exact) mass is 518 g/mol. The molecule has 1 rings (SSSR count). The molecule has 2 radical (unpaired) electrons. The van der Waals surface area contributed by atoms with Crippen LogP contribution in [-0.4, -0.2) is 79.5 Å². The number of imide groups is 1. The van der Waals surface area contributed by atoms with Gasteiger partial charge < -0.3 is 27.0 Å². The molecule has 13 heteroatoms. The van der Waals surface area contributed by atoms with Gasteiger partial charge in [0.2, 0.25) is 17.7 Å². The molecule has 0 fully saturated rings. The Bertz CT molecular complexity index is 847. The normalized spacial score (nSPS) is 15.3. The highest BCUT2D eigenvalue weighted by Crippen LogP contribution is 2.09. The van der Waals surface area contributed by atoms with Gasteiger partial charge in [0.25, 0.3) is 11.8 Å². The van der Waals surface area contributed by atoms with E-state index in [1.165, 1.54) is 12.2 Å². The smallest absolute Gasteiger partial charge is 0.312 e. The molecule has 0 saturated carbocycles. The van der Waals surface area contributed by atoms with Crippen molar-refractivity contribution in [3.8, 4) is 0 Å². The summed E-state index contributed by atoms with van der Waals surface area (Å²) in [4.78, 5) is 73.4. The number of nitrogens with one attached hydrogen (secondary N) is 4. The maximum absolute atomic E-state index is 13.0. The number of unbranched alkanes of at least 4 members (excludes halogenated alkanes) is 2. The van der Waals surface area contributed by atoms with Crippen molar-refractivity contribution >= 4 is 43.4 Å². The molecular formula is C24H39BN6O6. The number of hydrogen-bond donors (Lipinski definition) is 5. The quantitative estimate of drug-likeness (QED) is 0.0996. The number of carbonyl (C=O) groups excluding carboxylic acids is 6. The van der Waals surface area contributed by atoms with Gasteiger partial charge in [-0.15, -0.1) is 0 Å². The van der Waals surface area contributed by atoms with E-state index >= 15 is 0 Å². The molecule has 1 aliphatic heterocycles. The van der Waals surface area contributed by atoms with Crippen molar-refractivity contribution in [1.82, 2.24) is 26.2 Å². The zero-order valence-electron chi connectivity index (χ0n) is 21.9. The summed E-state index contributed by atoms with van der Waals surface area (Å²) in [6, 6.07) is -2.72. The predicted molar refractivity (Wildman–Crippen MR) is 138 cm³/mol. The fourth-order valence-electron chi connectivity index (χ4n) is 3.61. The largest absolute Gasteiger partial charge is 0.353 e. The summed E-state index contributed by atoms with van der Waals surface area (Å²) in [5.41, 5.74) is 5.06. The van der Waals surface area contributed by atoms with Crippen LogP contribution in [-0.2, 0) is 24.0 Å². The first-order valence-corrected chi connectivity index (χ1v) is 12.6. The van der Waals surface area contributed by atoms with Gasteiger partial charge in [-0.25, -0.2) is 4.79 Å². The van der Waals surface area contributed by atoms with Gasteiger partial charge in [0.05, 0.1) is 7.85 Å². The molecule has 6 N–H and O–H groups in total. The lowest BCUT2D eigenvalue weighted by molar-refractivity contribution is -0.137. The van der Waals surface area contributed by atoms with Crippen molar-refractivity contribution in [3.05, 3.63) is 12.2 Å². The van der Waals surface area contributed by atoms with Crippen molar-refractivity contribution in [2.75, 3.05) is 13.1 Å². The van der Waals surface area contributed by atoms with Crippen LogP contribution in [0.25, 0.3) is 0 Å². The van der Waals surface area contributed by atoms with Gasteiger partial charge in [-0.1, -0.05) is 26.6 Å². The zero-order chi connectivity index (χ0) is 28.0. The van der Waals surface area contributed by atoms with Gasteiger partial charge in [-0.3, -0.25) is 28.9 Å². The molecule has 12 nitrogen and oxygen atoms in total. The van der Waals surface area contributed by atoms with Crippen LogP contribution >= 0.6 is 0 Å². The molecule has 0 aromatic carbocycles. The van der Waals surface area contributed by atoms with Crippen LogP contribution in [0.5, 0.6) is 0 Å². The van der Waals surface area contributed by atoms with Crippen LogP contribution in [0.15, 0.2) is 12.2 Å². The van der Waals surface area contributed by atoms with Gasteiger partial charge in [0.1, 0.15) is 12.1 Å². The second kappa shape index (κ2) is 16.4. The van der Waals surface area contributed by atoms with E-state index in [4.69, 9.17) is 13.6 Å². The predicted octanol–water partition coefficient (Wildman–Crippen LogP) is -0.363. The Morgan fingerprint density at radius 3 is 2.14 bits per heavy atom. The fourth-order valence-corrected chi connectivity index (χ4v) is 3.61. The van der Waals surface area contributed by atoms with E-state index in [0.717, 1.165) is 4.90 Å². The summed E-state index contributed by atoms with van der Waals surface area (Å²) in [6.07, 6.45) is 5.22. The Morgan fingerprint density at radius 1 is 0.919 bits per heavy atom. The third kappa shape index (κ3) is 11.9. The van der Waals surface area contributed by atoms with Crippen molar-refractivity contribution in [1.29, 1.82) is 0 Å². The third-order valence-electron chi connectivity index (χ3n) is 5.80. The number of rotatable bonds is 17. The molecule has 204 valence electrons. The first kappa shape index (κ1) is 31.7. The fraction of sp³-hybridized carbons (Fsp3) is 0.667. The maximum Gasteiger partial charge on any atom is 0.312 e. The Hall–Kier alpha value is -3.38. The number of primary amides is 1. The Kier molecular flexibility index (Phi) is 14.0. The lowest BCUT2D eigenvalue weighted by Crippen LogP contribution is -2.56. The number of nitrogens with zero attached hydrogens (tertiary/aromatic N) is 1. The molecule has 1 aliphatic rings. The van der Waals surface area contributed by atoms with E-state index in [1.54, 1.807) is 20.8 Å². The Balaban J connectivity index is 2.59. The lowest BCUT2D eigenvalue weighted by atomic mass is 9.98. The van der Waals surface area contributed by atoms with Gasteiger partial charge in [0, 0.05) is 37.7 Å². The van der Waals surface area contributed by atoms with Crippen molar-refractivity contribution in [2.45, 2.75) is 83.7 Å². The van der Waals surface area contributed by atoms with Crippen LogP contribution in [0.2, 0.25) is 6.32 Å². The standard InChI is InChI=1S/C24H39BN6O6/c1-15(2)21(30-18(32)9-5-4-6-13-31-19(33)10-11-20(31)34)23(36)29-17(8-7-12-27-24(26)37)22(35)28-16(3)14-25/h10-11,15-17,21H,4-9,12-14H2,1-3H3,(H,28,35)(H,29,36)(H,30,32)(H3,26,27,37)/t16-,17+,21?/m1/s1. The summed E-state index contributed by atoms with van der Waals surface area (Å²) in [5.74, 6) is -2.13. The number of nitrogens with two attached hydrogens (primary N) is 1. The Morgan fingerprint density at radius 2 is 1.57 bits per heavy atom. The molecule has 0 spiro atoms. The van der Waals surface area contributed by atoms with Gasteiger partial charge in [0.15, 0.2) is 0 Å². The van der Waals surface area contributed by atoms with Crippen LogP contribution in [0.3, 0.4) is 0 Å². The highest BCUT2D eigenvalue weighted by Gasteiger charge is 2.29. The molecule has 3 atom stereocenters. The van der Waals surface area contributed by atoms with E-state index in [0.29, 0.717) is 32.2 Å². The highest BCUT2D eigenvalue weighted by molar-refractivity contribution is 6.12. The topological polar surface area (TPSA) is 180 Å². The molecule has 0 aromatic rings.